The second-order valence-electron chi connectivity index (χ2n) is 6.51. The van der Waals surface area contributed by atoms with Crippen LogP contribution in [0.4, 0.5) is 5.69 Å². The lowest BCUT2D eigenvalue weighted by Crippen LogP contribution is -2.29. The number of halogens is 3. The number of anilines is 1. The predicted octanol–water partition coefficient (Wildman–Crippen LogP) is 7.04. The van der Waals surface area contributed by atoms with Crippen molar-refractivity contribution in [3.05, 3.63) is 74.2 Å². The third-order valence-electron chi connectivity index (χ3n) is 5.23. The zero-order chi connectivity index (χ0) is 16.8. The van der Waals surface area contributed by atoms with Crippen molar-refractivity contribution in [3.8, 4) is 0 Å². The molecule has 0 radical (unpaired) electrons. The molecule has 1 aliphatic heterocycles. The molecular weight excluding hydrogens is 361 g/mol. The maximum Gasteiger partial charge on any atom is 0.0656 e. The van der Waals surface area contributed by atoms with Gasteiger partial charge in [-0.25, -0.2) is 0 Å². The molecule has 2 aromatic carbocycles. The van der Waals surface area contributed by atoms with Crippen LogP contribution in [0, 0.1) is 5.92 Å². The largest absolute Gasteiger partial charge is 0.376 e. The van der Waals surface area contributed by atoms with Crippen molar-refractivity contribution in [3.63, 3.8) is 0 Å². The molecule has 0 saturated heterocycles. The van der Waals surface area contributed by atoms with Crippen molar-refractivity contribution in [2.24, 2.45) is 5.92 Å². The maximum absolute atomic E-state index is 6.52. The molecule has 0 amide bonds. The van der Waals surface area contributed by atoms with Crippen LogP contribution in [0.3, 0.4) is 0 Å². The Hall–Kier alpha value is -1.15. The monoisotopic (exact) mass is 377 g/mol. The normalized spacial score (nSPS) is 24.4. The van der Waals surface area contributed by atoms with Gasteiger partial charge in [0.15, 0.2) is 0 Å². The summed E-state index contributed by atoms with van der Waals surface area (Å²) < 4.78 is 0. The highest BCUT2D eigenvalue weighted by Crippen LogP contribution is 2.54. The molecule has 1 heterocycles. The molecule has 0 bridgehead atoms. The number of hydrogen-bond donors (Lipinski definition) is 1. The maximum atomic E-state index is 6.52. The number of nitrogens with one attached hydrogen (secondary N) is 1. The summed E-state index contributed by atoms with van der Waals surface area (Å²) in [7, 11) is 0. The van der Waals surface area contributed by atoms with Crippen LogP contribution in [-0.2, 0) is 6.42 Å². The van der Waals surface area contributed by atoms with Crippen molar-refractivity contribution in [1.29, 1.82) is 0 Å². The molecule has 2 aromatic rings. The highest BCUT2D eigenvalue weighted by atomic mass is 35.5. The van der Waals surface area contributed by atoms with Gasteiger partial charge in [-0.1, -0.05) is 78.1 Å². The van der Waals surface area contributed by atoms with Crippen molar-refractivity contribution in [1.82, 2.24) is 0 Å². The summed E-state index contributed by atoms with van der Waals surface area (Å²) >= 11 is 19.3. The van der Waals surface area contributed by atoms with Gasteiger partial charge in [-0.15, -0.1) is 0 Å². The first-order valence-corrected chi connectivity index (χ1v) is 9.43. The van der Waals surface area contributed by atoms with Crippen molar-refractivity contribution >= 4 is 40.5 Å². The van der Waals surface area contributed by atoms with E-state index in [0.29, 0.717) is 21.0 Å². The van der Waals surface area contributed by atoms with Crippen LogP contribution in [0.2, 0.25) is 15.1 Å². The van der Waals surface area contributed by atoms with Crippen LogP contribution in [-0.4, -0.2) is 0 Å². The van der Waals surface area contributed by atoms with E-state index in [1.807, 2.05) is 0 Å². The summed E-state index contributed by atoms with van der Waals surface area (Å²) in [6.45, 7) is 2.17. The van der Waals surface area contributed by atoms with E-state index in [1.54, 1.807) is 6.07 Å². The number of aryl methyl sites for hydroxylation is 1. The van der Waals surface area contributed by atoms with E-state index in [2.05, 4.69) is 48.7 Å². The molecule has 0 unspecified atom stereocenters. The fraction of sp³-hybridized carbons (Fsp3) is 0.300. The third-order valence-corrected chi connectivity index (χ3v) is 6.33. The highest BCUT2D eigenvalue weighted by Gasteiger charge is 2.40. The molecule has 0 spiro atoms. The van der Waals surface area contributed by atoms with E-state index in [0.717, 1.165) is 24.1 Å². The summed E-state index contributed by atoms with van der Waals surface area (Å²) in [4.78, 5) is 0. The Kier molecular flexibility index (Phi) is 4.28. The van der Waals surface area contributed by atoms with Gasteiger partial charge in [-0.05, 0) is 36.0 Å². The van der Waals surface area contributed by atoms with Crippen molar-refractivity contribution < 1.29 is 0 Å². The molecule has 2 aliphatic rings. The van der Waals surface area contributed by atoms with Gasteiger partial charge >= 0.3 is 0 Å². The second kappa shape index (κ2) is 6.29. The number of allylic oxidation sites excluding steroid dienone is 2. The quantitative estimate of drug-likeness (QED) is 0.436. The minimum Gasteiger partial charge on any atom is -0.376 e. The van der Waals surface area contributed by atoms with Crippen molar-refractivity contribution in [2.45, 2.75) is 31.7 Å². The first-order chi connectivity index (χ1) is 11.6. The molecule has 1 aliphatic carbocycles. The van der Waals surface area contributed by atoms with Gasteiger partial charge in [0.2, 0.25) is 0 Å². The predicted molar refractivity (Wildman–Crippen MR) is 104 cm³/mol. The Morgan fingerprint density at radius 3 is 2.54 bits per heavy atom. The SMILES string of the molecule is CCc1ccc([C@@H]2Nc3c(Cl)cc(Cl)c(Cl)c3[C@H]3C=CC[C@@H]32)cc1. The molecule has 4 heteroatoms. The standard InChI is InChI=1S/C20H18Cl3N/c1-2-11-6-8-12(9-7-11)19-14-5-3-4-13(14)17-18(23)15(21)10-16(22)20(17)24-19/h3-4,6-10,13-14,19,24H,2,5H2,1H3/t13-,14-,19-/m0/s1. The first kappa shape index (κ1) is 16.3. The molecule has 0 fully saturated rings. The van der Waals surface area contributed by atoms with Crippen molar-refractivity contribution in [2.75, 3.05) is 5.32 Å². The Morgan fingerprint density at radius 2 is 1.83 bits per heavy atom. The Balaban J connectivity index is 1.81. The second-order valence-corrected chi connectivity index (χ2v) is 7.71. The van der Waals surface area contributed by atoms with E-state index in [9.17, 15) is 0 Å². The zero-order valence-corrected chi connectivity index (χ0v) is 15.6. The van der Waals surface area contributed by atoms with E-state index < -0.39 is 0 Å². The summed E-state index contributed by atoms with van der Waals surface area (Å²) in [5.74, 6) is 0.679. The number of fused-ring (bicyclic) bond motifs is 3. The molecule has 24 heavy (non-hydrogen) atoms. The van der Waals surface area contributed by atoms with Gasteiger partial charge in [0.25, 0.3) is 0 Å². The molecule has 0 aromatic heterocycles. The molecule has 124 valence electrons. The smallest absolute Gasteiger partial charge is 0.0656 e. The molecule has 1 N–H and O–H groups in total. The topological polar surface area (TPSA) is 12.0 Å². The van der Waals surface area contributed by atoms with E-state index in [1.165, 1.54) is 11.1 Å². The van der Waals surface area contributed by atoms with E-state index in [4.69, 9.17) is 34.8 Å². The van der Waals surface area contributed by atoms with Crippen LogP contribution in [0.5, 0.6) is 0 Å². The minimum atomic E-state index is 0.221. The fourth-order valence-corrected chi connectivity index (χ4v) is 4.76. The average molecular weight is 379 g/mol. The summed E-state index contributed by atoms with van der Waals surface area (Å²) in [5, 5.41) is 5.41. The average Bonchev–Trinajstić information content (AvgIpc) is 3.08. The van der Waals surface area contributed by atoms with Gasteiger partial charge in [0.05, 0.1) is 26.8 Å². The zero-order valence-electron chi connectivity index (χ0n) is 13.3. The van der Waals surface area contributed by atoms with Crippen LogP contribution in [0.15, 0.2) is 42.5 Å². The van der Waals surface area contributed by atoms with Gasteiger partial charge in [-0.2, -0.15) is 0 Å². The lowest BCUT2D eigenvalue weighted by molar-refractivity contribution is 0.425. The van der Waals surface area contributed by atoms with Gasteiger partial charge in [-0.3, -0.25) is 0 Å². The molecule has 0 saturated carbocycles. The van der Waals surface area contributed by atoms with E-state index >= 15 is 0 Å². The number of rotatable bonds is 2. The Bertz CT molecular complexity index is 811. The van der Waals surface area contributed by atoms with E-state index in [-0.39, 0.29) is 12.0 Å². The van der Waals surface area contributed by atoms with Crippen LogP contribution in [0.25, 0.3) is 0 Å². The Labute approximate surface area is 157 Å². The molecular formula is C20H18Cl3N. The fourth-order valence-electron chi connectivity index (χ4n) is 3.95. The molecule has 4 rings (SSSR count). The third kappa shape index (κ3) is 2.54. The number of benzene rings is 2. The van der Waals surface area contributed by atoms with Gasteiger partial charge in [0, 0.05) is 11.5 Å². The summed E-state index contributed by atoms with van der Waals surface area (Å²) in [5.41, 5.74) is 4.60. The summed E-state index contributed by atoms with van der Waals surface area (Å²) in [6, 6.07) is 10.8. The molecule has 3 atom stereocenters. The van der Waals surface area contributed by atoms with Crippen LogP contribution in [0.1, 0.15) is 42.0 Å². The van der Waals surface area contributed by atoms with Crippen LogP contribution < -0.4 is 5.32 Å². The number of hydrogen-bond acceptors (Lipinski definition) is 1. The minimum absolute atomic E-state index is 0.221. The molecule has 1 nitrogen and oxygen atoms in total. The van der Waals surface area contributed by atoms with Gasteiger partial charge in [0.1, 0.15) is 0 Å². The first-order valence-electron chi connectivity index (χ1n) is 8.29. The Morgan fingerprint density at radius 1 is 1.08 bits per heavy atom. The van der Waals surface area contributed by atoms with Crippen LogP contribution >= 0.6 is 34.8 Å². The lowest BCUT2D eigenvalue weighted by Gasteiger charge is -2.38. The highest BCUT2D eigenvalue weighted by molar-refractivity contribution is 6.44. The van der Waals surface area contributed by atoms with Gasteiger partial charge < -0.3 is 5.32 Å². The lowest BCUT2D eigenvalue weighted by atomic mass is 9.77. The summed E-state index contributed by atoms with van der Waals surface area (Å²) in [6.07, 6.45) is 6.56.